The number of hydrogen-bond acceptors (Lipinski definition) is 5. The Balaban J connectivity index is 2.79. The number of rotatable bonds is 7. The van der Waals surface area contributed by atoms with Crippen molar-refractivity contribution in [1.82, 2.24) is 4.98 Å². The number of carboxylic acid groups (broad SMARTS) is 2. The minimum atomic E-state index is -1.35. The fourth-order valence-corrected chi connectivity index (χ4v) is 1.18. The first kappa shape index (κ1) is 14.3. The highest BCUT2D eigenvalue weighted by Crippen LogP contribution is 2.15. The fourth-order valence-electron chi connectivity index (χ4n) is 1.18. The molecule has 0 radical (unpaired) electrons. The molecule has 19 heavy (non-hydrogen) atoms. The maximum atomic E-state index is 10.8. The second-order valence-corrected chi connectivity index (χ2v) is 3.34. The van der Waals surface area contributed by atoms with Gasteiger partial charge in [0, 0.05) is 23.6 Å². The van der Waals surface area contributed by atoms with E-state index in [2.05, 4.69) is 15.0 Å². The molecule has 2 N–H and O–H groups in total. The Kier molecular flexibility index (Phi) is 5.12. The largest absolute Gasteiger partial charge is 0.493 e. The molecule has 9 nitrogen and oxygen atoms in total. The Morgan fingerprint density at radius 2 is 1.89 bits per heavy atom. The molecule has 0 fully saturated rings. The third kappa shape index (κ3) is 4.52. The Hall–Kier alpha value is -2.80. The molecule has 9 heteroatoms. The van der Waals surface area contributed by atoms with Crippen molar-refractivity contribution >= 4 is 11.9 Å². The predicted molar refractivity (Wildman–Crippen MR) is 62.3 cm³/mol. The zero-order chi connectivity index (χ0) is 14.3. The molecule has 0 unspecified atom stereocenters. The molecule has 0 spiro atoms. The van der Waals surface area contributed by atoms with Crippen LogP contribution in [0.3, 0.4) is 0 Å². The van der Waals surface area contributed by atoms with Crippen molar-refractivity contribution in [2.75, 3.05) is 13.2 Å². The third-order valence-electron chi connectivity index (χ3n) is 1.97. The molecule has 1 heterocycles. The summed E-state index contributed by atoms with van der Waals surface area (Å²) in [5.74, 6) is -2.60. The summed E-state index contributed by atoms with van der Waals surface area (Å²) >= 11 is 0. The number of pyridine rings is 1. The van der Waals surface area contributed by atoms with Crippen LogP contribution < -0.4 is 4.74 Å². The molecule has 0 atom stereocenters. The third-order valence-corrected chi connectivity index (χ3v) is 1.97. The summed E-state index contributed by atoms with van der Waals surface area (Å²) < 4.78 is 5.18. The number of nitrogens with zero attached hydrogens (tertiary/aromatic N) is 4. The van der Waals surface area contributed by atoms with E-state index in [9.17, 15) is 9.59 Å². The van der Waals surface area contributed by atoms with Gasteiger partial charge in [-0.25, -0.2) is 14.6 Å². The van der Waals surface area contributed by atoms with Crippen LogP contribution in [0.5, 0.6) is 5.75 Å². The van der Waals surface area contributed by atoms with E-state index in [1.807, 2.05) is 0 Å². The van der Waals surface area contributed by atoms with Gasteiger partial charge in [-0.3, -0.25) is 0 Å². The second-order valence-electron chi connectivity index (χ2n) is 3.34. The van der Waals surface area contributed by atoms with E-state index in [1.54, 1.807) is 0 Å². The number of carboxylic acids is 2. The lowest BCUT2D eigenvalue weighted by molar-refractivity contribution is 0.0684. The molecule has 0 aliphatic rings. The highest BCUT2D eigenvalue weighted by atomic mass is 16.5. The standard InChI is InChI=1S/C10H10N4O5/c11-14-12-2-1-3-19-6-4-7(9(15)16)13-8(5-6)10(17)18/h4-5H,1-3H2,(H,15,16)(H,17,18). The molecule has 0 aliphatic heterocycles. The van der Waals surface area contributed by atoms with Crippen LogP contribution >= 0.6 is 0 Å². The summed E-state index contributed by atoms with van der Waals surface area (Å²) in [6, 6.07) is 2.25. The van der Waals surface area contributed by atoms with Crippen LogP contribution in [0.25, 0.3) is 10.4 Å². The van der Waals surface area contributed by atoms with E-state index in [1.165, 1.54) is 0 Å². The molecule has 0 aromatic carbocycles. The Morgan fingerprint density at radius 3 is 2.37 bits per heavy atom. The van der Waals surface area contributed by atoms with Crippen molar-refractivity contribution in [2.45, 2.75) is 6.42 Å². The number of azide groups is 1. The zero-order valence-electron chi connectivity index (χ0n) is 9.68. The molecular formula is C10H10N4O5. The van der Waals surface area contributed by atoms with E-state index in [0.29, 0.717) is 6.42 Å². The maximum absolute atomic E-state index is 10.8. The fraction of sp³-hybridized carbons (Fsp3) is 0.300. The van der Waals surface area contributed by atoms with Crippen molar-refractivity contribution in [3.05, 3.63) is 34.0 Å². The first-order valence-corrected chi connectivity index (χ1v) is 5.17. The molecule has 0 bridgehead atoms. The van der Waals surface area contributed by atoms with Crippen LogP contribution in [0.2, 0.25) is 0 Å². The minimum Gasteiger partial charge on any atom is -0.493 e. The average molecular weight is 266 g/mol. The first-order chi connectivity index (χ1) is 9.04. The van der Waals surface area contributed by atoms with E-state index in [4.69, 9.17) is 20.5 Å². The number of ether oxygens (including phenoxy) is 1. The molecule has 1 aromatic heterocycles. The summed E-state index contributed by atoms with van der Waals surface area (Å²) in [5.41, 5.74) is 7.23. The highest BCUT2D eigenvalue weighted by molar-refractivity contribution is 5.90. The minimum absolute atomic E-state index is 0.0886. The molecule has 100 valence electrons. The van der Waals surface area contributed by atoms with Crippen molar-refractivity contribution < 1.29 is 24.5 Å². The van der Waals surface area contributed by atoms with Crippen LogP contribution in [0.15, 0.2) is 17.2 Å². The lowest BCUT2D eigenvalue weighted by atomic mass is 10.2. The van der Waals surface area contributed by atoms with Gasteiger partial charge >= 0.3 is 11.9 Å². The monoisotopic (exact) mass is 266 g/mol. The topological polar surface area (TPSA) is 145 Å². The van der Waals surface area contributed by atoms with Gasteiger partial charge in [-0.15, -0.1) is 0 Å². The smallest absolute Gasteiger partial charge is 0.354 e. The van der Waals surface area contributed by atoms with Crippen LogP contribution in [0.1, 0.15) is 27.4 Å². The Labute approximate surface area is 107 Å². The summed E-state index contributed by atoms with van der Waals surface area (Å²) in [6.45, 7) is 0.403. The molecule has 1 aromatic rings. The molecule has 0 saturated heterocycles. The van der Waals surface area contributed by atoms with Gasteiger partial charge in [-0.1, -0.05) is 5.11 Å². The normalized spacial score (nSPS) is 9.47. The number of aromatic carboxylic acids is 2. The molecule has 0 amide bonds. The van der Waals surface area contributed by atoms with Gasteiger partial charge in [0.2, 0.25) is 0 Å². The number of carbonyl (C=O) groups is 2. The lowest BCUT2D eigenvalue weighted by Crippen LogP contribution is -2.09. The van der Waals surface area contributed by atoms with Crippen LogP contribution in [-0.2, 0) is 0 Å². The van der Waals surface area contributed by atoms with Gasteiger partial charge in [0.15, 0.2) is 11.4 Å². The van der Waals surface area contributed by atoms with Gasteiger partial charge in [-0.05, 0) is 12.0 Å². The summed E-state index contributed by atoms with van der Waals surface area (Å²) in [6.07, 6.45) is 0.428. The van der Waals surface area contributed by atoms with Crippen molar-refractivity contribution in [1.29, 1.82) is 0 Å². The van der Waals surface area contributed by atoms with Gasteiger partial charge in [0.05, 0.1) is 6.61 Å². The predicted octanol–water partition coefficient (Wildman–Crippen LogP) is 1.56. The van der Waals surface area contributed by atoms with Gasteiger partial charge in [0.25, 0.3) is 0 Å². The molecule has 0 saturated carbocycles. The molecular weight excluding hydrogens is 256 g/mol. The summed E-state index contributed by atoms with van der Waals surface area (Å²) in [4.78, 5) is 27.6. The van der Waals surface area contributed by atoms with E-state index < -0.39 is 23.3 Å². The van der Waals surface area contributed by atoms with E-state index in [0.717, 1.165) is 12.1 Å². The van der Waals surface area contributed by atoms with Gasteiger partial charge in [0.1, 0.15) is 5.75 Å². The van der Waals surface area contributed by atoms with Crippen LogP contribution in [0.4, 0.5) is 0 Å². The van der Waals surface area contributed by atoms with Crippen molar-refractivity contribution in [3.8, 4) is 5.75 Å². The van der Waals surface area contributed by atoms with Gasteiger partial charge < -0.3 is 14.9 Å². The highest BCUT2D eigenvalue weighted by Gasteiger charge is 2.13. The Bertz CT molecular complexity index is 506. The maximum Gasteiger partial charge on any atom is 0.354 e. The average Bonchev–Trinajstić information content (AvgIpc) is 2.38. The van der Waals surface area contributed by atoms with Crippen molar-refractivity contribution in [3.63, 3.8) is 0 Å². The summed E-state index contributed by atoms with van der Waals surface area (Å²) in [5, 5.41) is 20.9. The number of aromatic nitrogens is 1. The van der Waals surface area contributed by atoms with E-state index >= 15 is 0 Å². The van der Waals surface area contributed by atoms with Crippen molar-refractivity contribution in [2.24, 2.45) is 5.11 Å². The Morgan fingerprint density at radius 1 is 1.32 bits per heavy atom. The lowest BCUT2D eigenvalue weighted by Gasteiger charge is -2.06. The van der Waals surface area contributed by atoms with E-state index in [-0.39, 0.29) is 18.9 Å². The first-order valence-electron chi connectivity index (χ1n) is 5.17. The summed E-state index contributed by atoms with van der Waals surface area (Å²) in [7, 11) is 0. The second kappa shape index (κ2) is 6.82. The zero-order valence-corrected chi connectivity index (χ0v) is 9.68. The van der Waals surface area contributed by atoms with Crippen LogP contribution in [-0.4, -0.2) is 40.3 Å². The van der Waals surface area contributed by atoms with Crippen LogP contribution in [0, 0.1) is 0 Å². The van der Waals surface area contributed by atoms with Gasteiger partial charge in [-0.2, -0.15) is 0 Å². The molecule has 1 rings (SSSR count). The molecule has 0 aliphatic carbocycles. The number of hydrogen-bond donors (Lipinski definition) is 2. The quantitative estimate of drug-likeness (QED) is 0.331. The SMILES string of the molecule is [N-]=[N+]=NCCCOc1cc(C(=O)O)nc(C(=O)O)c1.